The monoisotopic (exact) mass is 538 g/mol. The molecule has 0 fully saturated rings. The topological polar surface area (TPSA) is 15.5 Å². The number of hydrogen-bond donors (Lipinski definition) is 0. The quantitative estimate of drug-likeness (QED) is 0.397. The maximum atomic E-state index is 6.31. The van der Waals surface area contributed by atoms with Gasteiger partial charge >= 0.3 is 0 Å². The number of rotatable bonds is 7. The molecule has 1 aliphatic heterocycles. The lowest BCUT2D eigenvalue weighted by atomic mass is 9.77. The molecule has 2 aromatic carbocycles. The van der Waals surface area contributed by atoms with Crippen molar-refractivity contribution in [3.05, 3.63) is 58.6 Å². The van der Waals surface area contributed by atoms with Crippen molar-refractivity contribution >= 4 is 34.8 Å². The zero-order chi connectivity index (χ0) is 21.2. The van der Waals surface area contributed by atoms with Gasteiger partial charge in [-0.1, -0.05) is 18.5 Å². The molecular weight excluding hydrogens is 507 g/mol. The molecule has 3 nitrogen and oxygen atoms in total. The van der Waals surface area contributed by atoms with Crippen LogP contribution in [0.4, 0.5) is 11.4 Å². The lowest BCUT2D eigenvalue weighted by Gasteiger charge is -2.22. The molecule has 0 saturated heterocycles. The Morgan fingerprint density at radius 2 is 1.77 bits per heavy atom. The Bertz CT molecular complexity index is 966. The van der Waals surface area contributed by atoms with E-state index in [1.807, 2.05) is 6.07 Å². The van der Waals surface area contributed by atoms with Crippen LogP contribution in [0.5, 0.6) is 5.75 Å². The van der Waals surface area contributed by atoms with Crippen LogP contribution in [0.15, 0.2) is 42.5 Å². The van der Waals surface area contributed by atoms with Crippen molar-refractivity contribution in [2.75, 3.05) is 32.1 Å². The standard InChI is InChI=1S/C25H32ClN2O.HI/c1-7-25(4)21-16-19(26)12-14-22(21)27(5)24(25)15-11-18-10-13-20(17-23(18)29-6)28(8-2)9-3;/h10-17H,7-9H2,1-6H3;1H/q+1;/p-1. The second-order valence-corrected chi connectivity index (χ2v) is 8.16. The average Bonchev–Trinajstić information content (AvgIpc) is 2.94. The van der Waals surface area contributed by atoms with Gasteiger partial charge in [0.15, 0.2) is 5.71 Å². The van der Waals surface area contributed by atoms with E-state index in [1.165, 1.54) is 22.6 Å². The van der Waals surface area contributed by atoms with Crippen molar-refractivity contribution < 1.29 is 33.3 Å². The van der Waals surface area contributed by atoms with Crippen LogP contribution < -0.4 is 33.6 Å². The Morgan fingerprint density at radius 1 is 1.07 bits per heavy atom. The molecule has 0 amide bonds. The second kappa shape index (κ2) is 10.2. The van der Waals surface area contributed by atoms with Crippen LogP contribution in [-0.2, 0) is 5.41 Å². The fraction of sp³-hybridized carbons (Fsp3) is 0.400. The summed E-state index contributed by atoms with van der Waals surface area (Å²) in [6.45, 7) is 10.8. The minimum Gasteiger partial charge on any atom is -1.00 e. The maximum Gasteiger partial charge on any atom is 0.209 e. The molecular formula is C25H32ClIN2O. The highest BCUT2D eigenvalue weighted by Crippen LogP contribution is 2.43. The molecule has 1 heterocycles. The van der Waals surface area contributed by atoms with Crippen LogP contribution in [0, 0.1) is 0 Å². The van der Waals surface area contributed by atoms with E-state index in [4.69, 9.17) is 16.3 Å². The summed E-state index contributed by atoms with van der Waals surface area (Å²) < 4.78 is 7.99. The molecule has 0 saturated carbocycles. The van der Waals surface area contributed by atoms with Gasteiger partial charge in [-0.3, -0.25) is 0 Å². The van der Waals surface area contributed by atoms with Gasteiger partial charge in [-0.15, -0.1) is 0 Å². The molecule has 0 aromatic heterocycles. The fourth-order valence-electron chi connectivity index (χ4n) is 4.34. The number of methoxy groups -OCH3 is 1. The molecule has 0 bridgehead atoms. The van der Waals surface area contributed by atoms with E-state index in [9.17, 15) is 0 Å². The summed E-state index contributed by atoms with van der Waals surface area (Å²) in [4.78, 5) is 2.32. The highest BCUT2D eigenvalue weighted by Gasteiger charge is 2.45. The summed E-state index contributed by atoms with van der Waals surface area (Å²) in [6, 6.07) is 12.6. The van der Waals surface area contributed by atoms with E-state index in [1.54, 1.807) is 7.11 Å². The summed E-state index contributed by atoms with van der Waals surface area (Å²) in [5.41, 5.74) is 5.99. The lowest BCUT2D eigenvalue weighted by Crippen LogP contribution is -3.00. The Balaban J connectivity index is 0.00000320. The van der Waals surface area contributed by atoms with E-state index >= 15 is 0 Å². The van der Waals surface area contributed by atoms with Crippen LogP contribution in [0.2, 0.25) is 5.02 Å². The van der Waals surface area contributed by atoms with Gasteiger partial charge < -0.3 is 33.6 Å². The molecule has 1 aliphatic rings. The number of ether oxygens (including phenoxy) is 1. The molecule has 2 aromatic rings. The SMILES string of the molecule is CCN(CC)c1ccc(/C=C/C2=[N+](C)c3ccc(Cl)cc3C2(C)CC)c(OC)c1.[I-]. The van der Waals surface area contributed by atoms with Crippen molar-refractivity contribution in [1.29, 1.82) is 0 Å². The van der Waals surface area contributed by atoms with Gasteiger partial charge in [-0.25, -0.2) is 0 Å². The highest BCUT2D eigenvalue weighted by atomic mass is 127. The molecule has 0 spiro atoms. The fourth-order valence-corrected chi connectivity index (χ4v) is 4.51. The summed E-state index contributed by atoms with van der Waals surface area (Å²) in [5.74, 6) is 0.894. The third-order valence-corrected chi connectivity index (χ3v) is 6.55. The first kappa shape index (κ1) is 24.7. The van der Waals surface area contributed by atoms with Crippen LogP contribution in [0.3, 0.4) is 0 Å². The van der Waals surface area contributed by atoms with Crippen molar-refractivity contribution in [2.45, 2.75) is 39.5 Å². The molecule has 0 aliphatic carbocycles. The van der Waals surface area contributed by atoms with Crippen LogP contribution in [0.1, 0.15) is 45.2 Å². The van der Waals surface area contributed by atoms with Crippen molar-refractivity contribution in [3.8, 4) is 5.75 Å². The molecule has 162 valence electrons. The minimum absolute atomic E-state index is 0. The number of hydrogen-bond acceptors (Lipinski definition) is 2. The first-order valence-corrected chi connectivity index (χ1v) is 10.8. The molecule has 1 unspecified atom stereocenters. The largest absolute Gasteiger partial charge is 1.00 e. The Kier molecular flexibility index (Phi) is 8.40. The van der Waals surface area contributed by atoms with Gasteiger partial charge in [0, 0.05) is 53.1 Å². The summed E-state index contributed by atoms with van der Waals surface area (Å²) in [6.07, 6.45) is 5.40. The van der Waals surface area contributed by atoms with Crippen LogP contribution >= 0.6 is 11.6 Å². The molecule has 0 radical (unpaired) electrons. The van der Waals surface area contributed by atoms with Crippen LogP contribution in [0.25, 0.3) is 6.08 Å². The summed E-state index contributed by atoms with van der Waals surface area (Å²) in [5, 5.41) is 0.788. The second-order valence-electron chi connectivity index (χ2n) is 7.72. The smallest absolute Gasteiger partial charge is 0.209 e. The maximum absolute atomic E-state index is 6.31. The summed E-state index contributed by atoms with van der Waals surface area (Å²) in [7, 11) is 3.87. The zero-order valence-electron chi connectivity index (χ0n) is 18.8. The number of halogens is 2. The van der Waals surface area contributed by atoms with Gasteiger partial charge in [0.2, 0.25) is 5.69 Å². The number of nitrogens with zero attached hydrogens (tertiary/aromatic N) is 2. The van der Waals surface area contributed by atoms with Gasteiger partial charge in [-0.2, -0.15) is 4.58 Å². The average molecular weight is 539 g/mol. The number of fused-ring (bicyclic) bond motifs is 1. The van der Waals surface area contributed by atoms with Crippen molar-refractivity contribution in [2.24, 2.45) is 0 Å². The zero-order valence-corrected chi connectivity index (χ0v) is 21.7. The Morgan fingerprint density at radius 3 is 2.37 bits per heavy atom. The van der Waals surface area contributed by atoms with Gasteiger partial charge in [0.25, 0.3) is 0 Å². The number of allylic oxidation sites excluding steroid dienone is 1. The highest BCUT2D eigenvalue weighted by molar-refractivity contribution is 6.30. The van der Waals surface area contributed by atoms with E-state index in [2.05, 4.69) is 86.7 Å². The van der Waals surface area contributed by atoms with E-state index < -0.39 is 0 Å². The Hall–Kier alpha value is -1.53. The lowest BCUT2D eigenvalue weighted by molar-refractivity contribution is -0.401. The first-order chi connectivity index (χ1) is 13.9. The van der Waals surface area contributed by atoms with Crippen molar-refractivity contribution in [1.82, 2.24) is 0 Å². The predicted molar refractivity (Wildman–Crippen MR) is 126 cm³/mol. The Labute approximate surface area is 203 Å². The summed E-state index contributed by atoms with van der Waals surface area (Å²) >= 11 is 6.31. The van der Waals surface area contributed by atoms with Crippen LogP contribution in [-0.4, -0.2) is 37.5 Å². The molecule has 30 heavy (non-hydrogen) atoms. The van der Waals surface area contributed by atoms with E-state index in [0.717, 1.165) is 35.8 Å². The van der Waals surface area contributed by atoms with Gasteiger partial charge in [-0.05, 0) is 57.5 Å². The third-order valence-electron chi connectivity index (χ3n) is 6.31. The first-order valence-electron chi connectivity index (χ1n) is 10.4. The molecule has 5 heteroatoms. The molecule has 0 N–H and O–H groups in total. The number of anilines is 1. The van der Waals surface area contributed by atoms with E-state index in [0.29, 0.717) is 0 Å². The van der Waals surface area contributed by atoms with Gasteiger partial charge in [0.1, 0.15) is 12.8 Å². The normalized spacial score (nSPS) is 17.8. The predicted octanol–water partition coefficient (Wildman–Crippen LogP) is 3.31. The third kappa shape index (κ3) is 4.40. The molecule has 3 rings (SSSR count). The van der Waals surface area contributed by atoms with Gasteiger partial charge in [0.05, 0.1) is 12.5 Å². The molecule has 1 atom stereocenters. The minimum atomic E-state index is -0.0696. The van der Waals surface area contributed by atoms with Crippen molar-refractivity contribution in [3.63, 3.8) is 0 Å². The number of benzene rings is 2. The van der Waals surface area contributed by atoms with E-state index in [-0.39, 0.29) is 29.4 Å².